The molecule has 0 N–H and O–H groups in total. The number of aromatic nitrogens is 4. The molecule has 0 aliphatic rings. The highest BCUT2D eigenvalue weighted by atomic mass is 15.0. The molecular weight excluding hydrogens is 1210 g/mol. The minimum absolute atomic E-state index is 0.494. The lowest BCUT2D eigenvalue weighted by atomic mass is 9.94. The van der Waals surface area contributed by atoms with E-state index in [-0.39, 0.29) is 0 Å². The smallest absolute Gasteiger partial charge is 0.0623 e. The maximum Gasteiger partial charge on any atom is 0.0623 e. The fraction of sp³-hybridized carbons (Fsp3) is 0. The van der Waals surface area contributed by atoms with Gasteiger partial charge in [-0.25, -0.2) is 0 Å². The second kappa shape index (κ2) is 23.2. The van der Waals surface area contributed by atoms with E-state index in [2.05, 4.69) is 328 Å². The molecule has 0 fully saturated rings. The third-order valence-electron chi connectivity index (χ3n) is 20.6. The van der Waals surface area contributed by atoms with Gasteiger partial charge in [0.25, 0.3) is 0 Å². The molecule has 4 heteroatoms. The molecule has 0 bridgehead atoms. The van der Waals surface area contributed by atoms with E-state index in [1.807, 2.05) is 48.5 Å². The summed E-state index contributed by atoms with van der Waals surface area (Å²) in [6.45, 7) is 0. The zero-order chi connectivity index (χ0) is 68.4. The minimum atomic E-state index is 0.494. The Morgan fingerprint density at radius 3 is 0.980 bits per heavy atom. The lowest BCUT2D eigenvalue weighted by molar-refractivity contribution is 1.18. The van der Waals surface area contributed by atoms with Crippen LogP contribution in [0.15, 0.2) is 376 Å². The molecular formula is C96H62N4. The second-order valence-electron chi connectivity index (χ2n) is 26.1. The van der Waals surface area contributed by atoms with Crippen molar-refractivity contribution in [2.24, 2.45) is 0 Å². The van der Waals surface area contributed by atoms with Crippen LogP contribution in [0.5, 0.6) is 0 Å². The molecule has 0 radical (unpaired) electrons. The van der Waals surface area contributed by atoms with Crippen LogP contribution in [0.3, 0.4) is 0 Å². The third-order valence-corrected chi connectivity index (χ3v) is 20.6. The van der Waals surface area contributed by atoms with Gasteiger partial charge in [0.2, 0.25) is 0 Å². The van der Waals surface area contributed by atoms with Gasteiger partial charge in [-0.3, -0.25) is 0 Å². The Morgan fingerprint density at radius 1 is 0.140 bits per heavy atom. The Morgan fingerprint density at radius 2 is 0.430 bits per heavy atom. The average molecular weight is 1270 g/mol. The van der Waals surface area contributed by atoms with Gasteiger partial charge in [-0.15, -0.1) is 0 Å². The van der Waals surface area contributed by atoms with Gasteiger partial charge < -0.3 is 18.3 Å². The zero-order valence-electron chi connectivity index (χ0n) is 57.4. The van der Waals surface area contributed by atoms with Crippen LogP contribution in [0.1, 0.15) is 4.11 Å². The SMILES string of the molecule is [2H]c1ccc2c(c1)c1cc(-c3ccc4c5cc([2H])ccc5n(-c5cccc(-c6ccccc6)c5)c4c3)ccc1n2-c1ccc(-c2ccccc2)cc1.[2H]c1ccc2c(c1)c1cc(-c3ccc4c5ccccc5n(-c5ccccc5)c4c3)ccc1n2-c1ccc2c3ccccc3c3ccccc3c2c1. The maximum atomic E-state index is 8.60. The highest BCUT2D eigenvalue weighted by Gasteiger charge is 2.21. The number of rotatable bonds is 8. The molecule has 4 heterocycles. The normalized spacial score (nSPS) is 12.2. The van der Waals surface area contributed by atoms with Crippen molar-refractivity contribution in [3.05, 3.63) is 376 Å². The minimum Gasteiger partial charge on any atom is -0.309 e. The van der Waals surface area contributed by atoms with Gasteiger partial charge in [-0.1, -0.05) is 267 Å². The van der Waals surface area contributed by atoms with Crippen molar-refractivity contribution >= 4 is 120 Å². The van der Waals surface area contributed by atoms with Crippen molar-refractivity contribution < 1.29 is 4.11 Å². The maximum absolute atomic E-state index is 8.60. The molecule has 0 aliphatic heterocycles. The molecule has 21 rings (SSSR count). The van der Waals surface area contributed by atoms with E-state index in [1.165, 1.54) is 70.8 Å². The molecule has 0 aliphatic carbocycles. The van der Waals surface area contributed by atoms with E-state index in [0.29, 0.717) is 18.1 Å². The van der Waals surface area contributed by atoms with Gasteiger partial charge in [-0.05, 0) is 186 Å². The molecule has 0 saturated heterocycles. The van der Waals surface area contributed by atoms with Crippen LogP contribution >= 0.6 is 0 Å². The molecule has 0 unspecified atom stereocenters. The van der Waals surface area contributed by atoms with Crippen LogP contribution < -0.4 is 0 Å². The van der Waals surface area contributed by atoms with Crippen molar-refractivity contribution in [3.63, 3.8) is 0 Å². The second-order valence-corrected chi connectivity index (χ2v) is 26.1. The Bertz CT molecular complexity index is 6970. The molecule has 17 aromatic carbocycles. The molecule has 4 nitrogen and oxygen atoms in total. The summed E-state index contributed by atoms with van der Waals surface area (Å²) in [7, 11) is 0. The van der Waals surface area contributed by atoms with Crippen molar-refractivity contribution in [2.45, 2.75) is 0 Å². The molecule has 21 aromatic rings. The van der Waals surface area contributed by atoms with Gasteiger partial charge in [0.05, 0.1) is 48.2 Å². The largest absolute Gasteiger partial charge is 0.309 e. The summed E-state index contributed by atoms with van der Waals surface area (Å²) >= 11 is 0. The van der Waals surface area contributed by atoms with Crippen LogP contribution in [0, 0.1) is 0 Å². The molecule has 4 aromatic heterocycles. The quantitative estimate of drug-likeness (QED) is 0.135. The summed E-state index contributed by atoms with van der Waals surface area (Å²) in [4.78, 5) is 0. The highest BCUT2D eigenvalue weighted by molar-refractivity contribution is 6.26. The van der Waals surface area contributed by atoms with Gasteiger partial charge >= 0.3 is 0 Å². The average Bonchev–Trinajstić information content (AvgIpc) is 1.61. The van der Waals surface area contributed by atoms with Crippen LogP contribution in [0.4, 0.5) is 0 Å². The first-order chi connectivity index (χ1) is 50.8. The van der Waals surface area contributed by atoms with Crippen molar-refractivity contribution in [2.75, 3.05) is 0 Å². The predicted molar refractivity (Wildman–Crippen MR) is 425 cm³/mol. The predicted octanol–water partition coefficient (Wildman–Crippen LogP) is 25.9. The Hall–Kier alpha value is -13.3. The van der Waals surface area contributed by atoms with E-state index in [4.69, 9.17) is 4.11 Å². The number of fused-ring (bicyclic) bond motifs is 18. The highest BCUT2D eigenvalue weighted by Crippen LogP contribution is 2.43. The van der Waals surface area contributed by atoms with Gasteiger partial charge in [0.1, 0.15) is 0 Å². The fourth-order valence-electron chi connectivity index (χ4n) is 16.0. The third kappa shape index (κ3) is 9.22. The van der Waals surface area contributed by atoms with Crippen LogP contribution in [-0.2, 0) is 0 Å². The number of benzene rings is 17. The molecule has 0 saturated carbocycles. The number of para-hydroxylation sites is 5. The van der Waals surface area contributed by atoms with Crippen molar-refractivity contribution in [1.29, 1.82) is 0 Å². The van der Waals surface area contributed by atoms with E-state index >= 15 is 0 Å². The Balaban J connectivity index is 0.000000138. The fourth-order valence-corrected chi connectivity index (χ4v) is 16.0. The molecule has 0 spiro atoms. The first-order valence-electron chi connectivity index (χ1n) is 35.7. The number of hydrogen-bond donors (Lipinski definition) is 0. The summed E-state index contributed by atoms with van der Waals surface area (Å²) in [5.74, 6) is 0. The monoisotopic (exact) mass is 1270 g/mol. The van der Waals surface area contributed by atoms with Gasteiger partial charge in [-0.2, -0.15) is 0 Å². The van der Waals surface area contributed by atoms with Crippen molar-refractivity contribution in [1.82, 2.24) is 18.3 Å². The lowest BCUT2D eigenvalue weighted by Gasteiger charge is -2.14. The van der Waals surface area contributed by atoms with Gasteiger partial charge in [0.15, 0.2) is 0 Å². The van der Waals surface area contributed by atoms with E-state index in [0.717, 1.165) is 116 Å². The first-order valence-corrected chi connectivity index (χ1v) is 34.2. The van der Waals surface area contributed by atoms with E-state index in [1.54, 1.807) is 0 Å². The summed E-state index contributed by atoms with van der Waals surface area (Å²) in [6, 6.07) is 128. The topological polar surface area (TPSA) is 19.7 Å². The molecule has 0 amide bonds. The molecule has 466 valence electrons. The molecule has 100 heavy (non-hydrogen) atoms. The molecule has 0 atom stereocenters. The Kier molecular flexibility index (Phi) is 12.5. The van der Waals surface area contributed by atoms with Crippen LogP contribution in [-0.4, -0.2) is 18.3 Å². The van der Waals surface area contributed by atoms with Gasteiger partial charge in [0, 0.05) is 65.8 Å². The summed E-state index contributed by atoms with van der Waals surface area (Å²) in [6.07, 6.45) is 0. The summed E-state index contributed by atoms with van der Waals surface area (Å²) in [5.41, 5.74) is 22.6. The van der Waals surface area contributed by atoms with Crippen molar-refractivity contribution in [3.8, 4) is 67.3 Å². The van der Waals surface area contributed by atoms with E-state index in [9.17, 15) is 0 Å². The number of hydrogen-bond acceptors (Lipinski definition) is 0. The summed E-state index contributed by atoms with van der Waals surface area (Å²) in [5, 5.41) is 16.7. The Labute approximate surface area is 581 Å². The zero-order valence-corrected chi connectivity index (χ0v) is 54.4. The number of nitrogens with zero attached hydrogens (tertiary/aromatic N) is 4. The lowest BCUT2D eigenvalue weighted by Crippen LogP contribution is -1.95. The van der Waals surface area contributed by atoms with Crippen LogP contribution in [0.2, 0.25) is 0 Å². The first kappa shape index (κ1) is 53.9. The van der Waals surface area contributed by atoms with E-state index < -0.39 is 0 Å². The van der Waals surface area contributed by atoms with Crippen LogP contribution in [0.25, 0.3) is 187 Å². The summed E-state index contributed by atoms with van der Waals surface area (Å²) < 4.78 is 34.9. The standard InChI is InChI=1S/C48H30N2.C48H32N2/c1-2-12-33(13-3-1)49-45-20-10-8-18-40(45)42-25-22-32(29-48(42)49)31-23-27-47-44(28-31)41-19-9-11-21-46(41)50(47)34-24-26-39-37-16-5-4-14-35(37)36-15-6-7-17-38(36)43(39)30-34;1-3-12-33(13-4-1)35-22-26-39(27-23-35)49-46-21-10-8-19-42(46)44-31-37(25-29-47(44)49)38-24-28-43-41-18-7-9-20-45(41)50(48(43)32-38)40-17-11-16-36(30-40)34-14-5-2-6-15-34/h1-30H;1-32H/i9D;7D,8D.